The third kappa shape index (κ3) is 7.52. The third-order valence-corrected chi connectivity index (χ3v) is 10.5. The van der Waals surface area contributed by atoms with Gasteiger partial charge in [0.05, 0.1) is 28.9 Å². The van der Waals surface area contributed by atoms with Gasteiger partial charge in [0.25, 0.3) is 0 Å². The van der Waals surface area contributed by atoms with Crippen LogP contribution in [0.2, 0.25) is 0 Å². The number of imidazole rings is 1. The van der Waals surface area contributed by atoms with E-state index in [9.17, 15) is 0 Å². The van der Waals surface area contributed by atoms with Gasteiger partial charge in [-0.3, -0.25) is 0 Å². The van der Waals surface area contributed by atoms with Crippen LogP contribution in [0.4, 0.5) is 0 Å². The van der Waals surface area contributed by atoms with Crippen molar-refractivity contribution in [3.63, 3.8) is 0 Å². The topological polar surface area (TPSA) is 17.8 Å². The largest absolute Gasteiger partial charge is 0.326 e. The summed E-state index contributed by atoms with van der Waals surface area (Å²) < 4.78 is 2.31. The average molecular weight is 575 g/mol. The van der Waals surface area contributed by atoms with Crippen molar-refractivity contribution in [1.82, 2.24) is 9.55 Å². The summed E-state index contributed by atoms with van der Waals surface area (Å²) in [7, 11) is 5.33. The fourth-order valence-corrected chi connectivity index (χ4v) is 8.06. The Morgan fingerprint density at radius 3 is 1.53 bits per heavy atom. The zero-order chi connectivity index (χ0) is 29.9. The van der Waals surface area contributed by atoms with E-state index >= 15 is 0 Å². The standard InChI is InChI=1S/C26H28N2Si.C13H11B/c1-21(2)19-22-13-15-25(16-14-22)29-26(28-18-17-27-20-28,23-9-5-3-6-10-23)24-11-7-4-8-12-24;14-13(11-7-3-1-4-8-11)12-9-5-2-6-10-12/h3-18,20-21H,19,29H2,1-2H3;1-10,13H. The Morgan fingerprint density at radius 1 is 0.651 bits per heavy atom. The number of hydrogen-bond acceptors (Lipinski definition) is 1. The molecule has 0 spiro atoms. The molecule has 0 aliphatic carbocycles. The van der Waals surface area contributed by atoms with Crippen LogP contribution in [-0.2, 0) is 11.6 Å². The second-order valence-corrected chi connectivity index (χ2v) is 13.6. The normalized spacial score (nSPS) is 11.5. The number of hydrogen-bond donors (Lipinski definition) is 0. The van der Waals surface area contributed by atoms with Crippen LogP contribution in [0, 0.1) is 5.92 Å². The van der Waals surface area contributed by atoms with E-state index in [1.54, 1.807) is 0 Å². The van der Waals surface area contributed by atoms with E-state index in [4.69, 9.17) is 7.85 Å². The molecule has 0 aliphatic rings. The molecule has 1 aromatic heterocycles. The Hall–Kier alpha value is -4.41. The summed E-state index contributed by atoms with van der Waals surface area (Å²) in [6.07, 6.45) is 7.10. The first-order valence-corrected chi connectivity index (χ1v) is 16.5. The second kappa shape index (κ2) is 14.7. The van der Waals surface area contributed by atoms with E-state index in [1.165, 1.54) is 21.9 Å². The molecule has 0 fully saturated rings. The summed E-state index contributed by atoms with van der Waals surface area (Å²) in [5.41, 5.74) is 6.37. The van der Waals surface area contributed by atoms with Gasteiger partial charge in [-0.2, -0.15) is 0 Å². The molecule has 0 bridgehead atoms. The predicted octanol–water partition coefficient (Wildman–Crippen LogP) is 7.27. The van der Waals surface area contributed by atoms with Crippen molar-refractivity contribution in [2.24, 2.45) is 5.92 Å². The lowest BCUT2D eigenvalue weighted by molar-refractivity contribution is 0.596. The van der Waals surface area contributed by atoms with Crippen molar-refractivity contribution in [3.05, 3.63) is 192 Å². The lowest BCUT2D eigenvalue weighted by Gasteiger charge is -2.37. The molecule has 2 nitrogen and oxygen atoms in total. The summed E-state index contributed by atoms with van der Waals surface area (Å²) in [6.45, 7) is 4.55. The van der Waals surface area contributed by atoms with Crippen LogP contribution in [0.15, 0.2) is 164 Å². The number of nitrogens with zero attached hydrogens (tertiary/aromatic N) is 2. The Balaban J connectivity index is 0.000000220. The molecule has 6 aromatic rings. The maximum Gasteiger partial charge on any atom is 0.0965 e. The summed E-state index contributed by atoms with van der Waals surface area (Å²) in [4.78, 5) is 4.41. The Morgan fingerprint density at radius 2 is 1.12 bits per heavy atom. The highest BCUT2D eigenvalue weighted by Crippen LogP contribution is 2.33. The van der Waals surface area contributed by atoms with E-state index in [0.717, 1.165) is 17.5 Å². The maximum absolute atomic E-state index is 6.12. The van der Waals surface area contributed by atoms with E-state index in [-0.39, 0.29) is 11.0 Å². The van der Waals surface area contributed by atoms with E-state index < -0.39 is 9.52 Å². The molecule has 4 heteroatoms. The summed E-state index contributed by atoms with van der Waals surface area (Å²) in [5.74, 6) is 0.661. The van der Waals surface area contributed by atoms with Crippen LogP contribution in [0.25, 0.3) is 0 Å². The molecule has 0 N–H and O–H groups in total. The van der Waals surface area contributed by atoms with Gasteiger partial charge in [-0.25, -0.2) is 4.98 Å². The minimum atomic E-state index is -0.790. The molecule has 0 saturated heterocycles. The number of benzene rings is 5. The summed E-state index contributed by atoms with van der Waals surface area (Å²) >= 11 is 0. The van der Waals surface area contributed by atoms with Crippen LogP contribution in [0.3, 0.4) is 0 Å². The van der Waals surface area contributed by atoms with Crippen molar-refractivity contribution in [1.29, 1.82) is 0 Å². The molecule has 0 atom stereocenters. The van der Waals surface area contributed by atoms with Crippen LogP contribution in [0.5, 0.6) is 0 Å². The van der Waals surface area contributed by atoms with Crippen molar-refractivity contribution >= 4 is 22.6 Å². The molecular weight excluding hydrogens is 535 g/mol. The molecule has 212 valence electrons. The van der Waals surface area contributed by atoms with Crippen molar-refractivity contribution in [3.8, 4) is 0 Å². The Labute approximate surface area is 260 Å². The SMILES string of the molecule is CC(C)Cc1ccc([SiH2]C(c2ccccc2)(c2ccccc2)n2ccnc2)cc1.[B]C(c1ccccc1)c1ccccc1. The first-order valence-electron chi connectivity index (χ1n) is 15.1. The zero-order valence-corrected chi connectivity index (χ0v) is 26.5. The van der Waals surface area contributed by atoms with Gasteiger partial charge in [-0.1, -0.05) is 165 Å². The van der Waals surface area contributed by atoms with Gasteiger partial charge >= 0.3 is 0 Å². The zero-order valence-electron chi connectivity index (χ0n) is 25.1. The highest BCUT2D eigenvalue weighted by molar-refractivity contribution is 6.57. The van der Waals surface area contributed by atoms with Gasteiger partial charge in [-0.05, 0) is 46.0 Å². The molecule has 1 heterocycles. The summed E-state index contributed by atoms with van der Waals surface area (Å²) in [6, 6.07) is 51.4. The van der Waals surface area contributed by atoms with Gasteiger partial charge in [0.1, 0.15) is 0 Å². The maximum atomic E-state index is 6.12. The molecule has 0 aliphatic heterocycles. The van der Waals surface area contributed by atoms with Crippen LogP contribution >= 0.6 is 0 Å². The molecule has 0 saturated carbocycles. The van der Waals surface area contributed by atoms with Gasteiger partial charge < -0.3 is 4.57 Å². The number of aromatic nitrogens is 2. The van der Waals surface area contributed by atoms with Crippen LogP contribution in [0.1, 0.15) is 47.5 Å². The van der Waals surface area contributed by atoms with Gasteiger partial charge in [0.15, 0.2) is 0 Å². The van der Waals surface area contributed by atoms with Crippen LogP contribution < -0.4 is 5.19 Å². The molecule has 43 heavy (non-hydrogen) atoms. The van der Waals surface area contributed by atoms with Crippen LogP contribution in [-0.4, -0.2) is 26.9 Å². The van der Waals surface area contributed by atoms with E-state index in [2.05, 4.69) is 139 Å². The fraction of sp³-hybridized carbons (Fsp3) is 0.154. The number of rotatable bonds is 9. The smallest absolute Gasteiger partial charge is 0.0965 e. The fourth-order valence-electron chi connectivity index (χ4n) is 5.75. The quantitative estimate of drug-likeness (QED) is 0.166. The van der Waals surface area contributed by atoms with Crippen molar-refractivity contribution in [2.75, 3.05) is 0 Å². The Bertz CT molecular complexity index is 1540. The van der Waals surface area contributed by atoms with Crippen molar-refractivity contribution in [2.45, 2.75) is 31.2 Å². The van der Waals surface area contributed by atoms with Gasteiger partial charge in [0, 0.05) is 12.4 Å². The molecule has 0 unspecified atom stereocenters. The summed E-state index contributed by atoms with van der Waals surface area (Å²) in [5, 5.41) is 1.25. The van der Waals surface area contributed by atoms with Gasteiger partial charge in [0.2, 0.25) is 0 Å². The first-order chi connectivity index (χ1) is 21.1. The highest BCUT2D eigenvalue weighted by atomic mass is 28.2. The lowest BCUT2D eigenvalue weighted by Crippen LogP contribution is -2.46. The predicted molar refractivity (Wildman–Crippen MR) is 185 cm³/mol. The third-order valence-electron chi connectivity index (χ3n) is 7.89. The minimum absolute atomic E-state index is 0.0163. The highest BCUT2D eigenvalue weighted by Gasteiger charge is 2.36. The van der Waals surface area contributed by atoms with E-state index in [1.807, 2.05) is 48.9 Å². The molecule has 6 rings (SSSR count). The Kier molecular flexibility index (Phi) is 10.3. The second-order valence-electron chi connectivity index (χ2n) is 11.5. The lowest BCUT2D eigenvalue weighted by atomic mass is 9.76. The van der Waals surface area contributed by atoms with Gasteiger partial charge in [-0.15, -0.1) is 0 Å². The van der Waals surface area contributed by atoms with E-state index in [0.29, 0.717) is 5.92 Å². The van der Waals surface area contributed by atoms with Crippen molar-refractivity contribution < 1.29 is 0 Å². The average Bonchev–Trinajstić information content (AvgIpc) is 3.61. The molecule has 2 radical (unpaired) electrons. The minimum Gasteiger partial charge on any atom is -0.326 e. The first kappa shape index (κ1) is 30.1. The molecule has 5 aromatic carbocycles. The molecular formula is C39H39BN2Si. The molecule has 0 amide bonds. The monoisotopic (exact) mass is 574 g/mol.